The van der Waals surface area contributed by atoms with Gasteiger partial charge in [0.15, 0.2) is 33.8 Å². The fourth-order valence-electron chi connectivity index (χ4n) is 5.30. The molecule has 0 unspecified atom stereocenters. The van der Waals surface area contributed by atoms with Crippen molar-refractivity contribution in [3.63, 3.8) is 0 Å². The molecule has 0 bridgehead atoms. The molecule has 4 amide bonds. The third kappa shape index (κ3) is 6.48. The van der Waals surface area contributed by atoms with E-state index in [0.717, 1.165) is 33.3 Å². The Labute approximate surface area is 304 Å². The number of benzene rings is 1. The first-order valence-corrected chi connectivity index (χ1v) is 16.8. The molecule has 3 aliphatic rings. The van der Waals surface area contributed by atoms with Crippen molar-refractivity contribution in [1.82, 2.24) is 25.2 Å². The number of carboxylic acid groups (broad SMARTS) is 2. The number of anilines is 1. The number of oxime groups is 2. The van der Waals surface area contributed by atoms with E-state index in [4.69, 9.17) is 22.2 Å². The number of thioether (sulfide) groups is 1. The van der Waals surface area contributed by atoms with Gasteiger partial charge in [-0.1, -0.05) is 33.7 Å². The van der Waals surface area contributed by atoms with Crippen LogP contribution in [0.2, 0.25) is 5.02 Å². The van der Waals surface area contributed by atoms with Crippen molar-refractivity contribution in [3.05, 3.63) is 33.8 Å². The van der Waals surface area contributed by atoms with Gasteiger partial charge in [-0.3, -0.25) is 29.4 Å². The summed E-state index contributed by atoms with van der Waals surface area (Å²) < 4.78 is 0. The maximum atomic E-state index is 13.5. The van der Waals surface area contributed by atoms with Gasteiger partial charge in [0.05, 0.1) is 29.4 Å². The molecule has 3 fully saturated rings. The van der Waals surface area contributed by atoms with E-state index in [1.807, 2.05) is 0 Å². The van der Waals surface area contributed by atoms with Crippen molar-refractivity contribution in [2.45, 2.75) is 36.1 Å². The number of phenolic OH excluding ortho intramolecular Hbond substituents is 2. The van der Waals surface area contributed by atoms with Gasteiger partial charge in [0, 0.05) is 23.9 Å². The first-order valence-electron chi connectivity index (χ1n) is 14.7. The van der Waals surface area contributed by atoms with Gasteiger partial charge in [0.25, 0.3) is 5.91 Å². The van der Waals surface area contributed by atoms with Crippen LogP contribution in [0, 0.1) is 5.92 Å². The number of nitrogen functional groups attached to an aromatic ring is 1. The number of hydrogen-bond donors (Lipinski definition) is 7. The van der Waals surface area contributed by atoms with Crippen LogP contribution in [0.3, 0.4) is 0 Å². The van der Waals surface area contributed by atoms with Crippen LogP contribution >= 0.6 is 34.7 Å². The number of nitrogens with two attached hydrogens (primary N) is 1. The average molecular weight is 783 g/mol. The zero-order valence-electron chi connectivity index (χ0n) is 26.7. The summed E-state index contributed by atoms with van der Waals surface area (Å²) in [5.74, 6) is -11.0. The molecule has 2 aromatic rings. The predicted octanol–water partition coefficient (Wildman–Crippen LogP) is -0.774. The molecular formula is C28H27ClN8O13S2. The van der Waals surface area contributed by atoms with Gasteiger partial charge in [0.2, 0.25) is 16.4 Å². The number of piperazine rings is 1. The van der Waals surface area contributed by atoms with Crippen molar-refractivity contribution in [1.29, 1.82) is 0 Å². The molecule has 1 aromatic carbocycles. The lowest BCUT2D eigenvalue weighted by Crippen LogP contribution is -2.67. The fraction of sp³-hybridized carbons (Fsp3) is 0.357. The number of halogens is 1. The van der Waals surface area contributed by atoms with Crippen LogP contribution in [0.4, 0.5) is 5.13 Å². The molecular weight excluding hydrogens is 756 g/mol. The van der Waals surface area contributed by atoms with Gasteiger partial charge in [-0.15, -0.1) is 11.3 Å². The number of hydrazine groups is 1. The highest BCUT2D eigenvalue weighted by molar-refractivity contribution is 8.02. The molecule has 24 heteroatoms. The average Bonchev–Trinajstić information content (AvgIpc) is 3.68. The van der Waals surface area contributed by atoms with Gasteiger partial charge in [-0.2, -0.15) is 0 Å². The highest BCUT2D eigenvalue weighted by Gasteiger charge is 2.66. The number of β-lactam (4-membered cyclic amide) rings is 1. The topological polar surface area (TPSA) is 315 Å². The van der Waals surface area contributed by atoms with Crippen LogP contribution in [-0.2, 0) is 38.4 Å². The van der Waals surface area contributed by atoms with E-state index in [-0.39, 0.29) is 16.4 Å². The fourth-order valence-corrected chi connectivity index (χ4v) is 7.79. The number of aromatic hydroxyl groups is 2. The first-order chi connectivity index (χ1) is 24.3. The smallest absolute Gasteiger partial charge is 0.350 e. The number of thiazole rings is 1. The predicted molar refractivity (Wildman–Crippen MR) is 177 cm³/mol. The summed E-state index contributed by atoms with van der Waals surface area (Å²) in [6.07, 6.45) is -0.542. The van der Waals surface area contributed by atoms with Crippen LogP contribution in [0.25, 0.3) is 0 Å². The number of aliphatic carboxylic acids is 2. The minimum Gasteiger partial charge on any atom is -0.504 e. The van der Waals surface area contributed by atoms with Crippen LogP contribution in [-0.4, -0.2) is 134 Å². The number of carboxylic acids is 2. The van der Waals surface area contributed by atoms with Crippen LogP contribution < -0.4 is 11.2 Å². The Bertz CT molecular complexity index is 1990. The quantitative estimate of drug-likeness (QED) is 0.0347. The molecule has 1 aromatic heterocycles. The molecule has 8 N–H and O–H groups in total. The van der Waals surface area contributed by atoms with E-state index >= 15 is 0 Å². The molecule has 3 aliphatic heterocycles. The molecule has 5 rings (SSSR count). The highest BCUT2D eigenvalue weighted by atomic mass is 35.5. The third-order valence-corrected chi connectivity index (χ3v) is 11.0. The number of hydrogen-bond acceptors (Lipinski definition) is 17. The van der Waals surface area contributed by atoms with E-state index < -0.39 is 117 Å². The summed E-state index contributed by atoms with van der Waals surface area (Å²) in [4.78, 5) is 99.2. The van der Waals surface area contributed by atoms with E-state index in [1.165, 1.54) is 19.2 Å². The van der Waals surface area contributed by atoms with Gasteiger partial charge in [0.1, 0.15) is 5.69 Å². The number of carbonyl (C=O) groups excluding carboxylic acids is 5. The Balaban J connectivity index is 1.31. The SMILES string of the molecule is CC(C)(O/N=C(\C(=O)C[C@@H]1C(=O)N2C[C@@](C(=O)O)(N3CCN(NC(=O)/C(=N\O)c4ccc(O)c(O)c4Cl)C(=O)C3=O)S[C@H]12)c1csc(N)n1)C(=O)O. The van der Waals surface area contributed by atoms with Crippen LogP contribution in [0.15, 0.2) is 27.8 Å². The summed E-state index contributed by atoms with van der Waals surface area (Å²) in [6.45, 7) is 0.878. The molecule has 0 aliphatic carbocycles. The van der Waals surface area contributed by atoms with Crippen molar-refractivity contribution in [2.24, 2.45) is 16.2 Å². The Hall–Kier alpha value is -5.68. The number of aromatic nitrogens is 1. The largest absolute Gasteiger partial charge is 0.504 e. The van der Waals surface area contributed by atoms with Crippen molar-refractivity contribution < 1.29 is 64.0 Å². The van der Waals surface area contributed by atoms with E-state index in [9.17, 15) is 59.2 Å². The summed E-state index contributed by atoms with van der Waals surface area (Å²) in [5.41, 5.74) is 4.25. The lowest BCUT2D eigenvalue weighted by molar-refractivity contribution is -0.168. The first kappa shape index (κ1) is 37.6. The monoisotopic (exact) mass is 782 g/mol. The number of rotatable bonds is 12. The Morgan fingerprint density at radius 2 is 1.83 bits per heavy atom. The standard InChI is InChI=1S/C28H27ClN8O13S2/c1-27(2,24(45)46)50-34-17(12-8-51-26(30)31-12)14(39)7-11-20(42)35-9-28(25(47)48,52-23(11)35)36-5-6-37(22(44)21(36)43)32-19(41)16(33-49)10-3-4-13(38)18(40)15(10)29/h3-4,8,11,23,38,40,49H,5-7,9H2,1-2H3,(H2,30,31)(H,32,41)(H,45,46)(H,47,48)/b33-16-,34-17-/t11-,23-,28-/m1/s1. The molecule has 276 valence electrons. The Morgan fingerprint density at radius 3 is 2.42 bits per heavy atom. The minimum absolute atomic E-state index is 0.0490. The summed E-state index contributed by atoms with van der Waals surface area (Å²) in [6, 6.07) is 1.98. The van der Waals surface area contributed by atoms with Crippen LogP contribution in [0.1, 0.15) is 31.5 Å². The zero-order chi connectivity index (χ0) is 38.4. The lowest BCUT2D eigenvalue weighted by atomic mass is 9.90. The number of Topliss-reactive ketones (excluding diaryl/α,β-unsaturated/α-hetero) is 1. The number of carbonyl (C=O) groups is 7. The number of nitrogens with zero attached hydrogens (tertiary/aromatic N) is 6. The molecule has 3 atom stereocenters. The zero-order valence-corrected chi connectivity index (χ0v) is 29.1. The van der Waals surface area contributed by atoms with E-state index in [0.29, 0.717) is 16.8 Å². The lowest BCUT2D eigenvalue weighted by Gasteiger charge is -2.41. The summed E-state index contributed by atoms with van der Waals surface area (Å²) in [7, 11) is 0. The van der Waals surface area contributed by atoms with Crippen molar-refractivity contribution in [3.8, 4) is 11.5 Å². The molecule has 0 saturated carbocycles. The second-order valence-corrected chi connectivity index (χ2v) is 14.5. The molecule has 21 nitrogen and oxygen atoms in total. The Kier molecular flexibility index (Phi) is 9.97. The number of fused-ring (bicyclic) bond motifs is 1. The molecule has 0 spiro atoms. The van der Waals surface area contributed by atoms with Crippen molar-refractivity contribution >= 4 is 92.6 Å². The van der Waals surface area contributed by atoms with E-state index in [1.54, 1.807) is 0 Å². The molecule has 4 heterocycles. The number of amides is 4. The third-order valence-electron chi connectivity index (χ3n) is 8.16. The Morgan fingerprint density at radius 1 is 1.13 bits per heavy atom. The minimum atomic E-state index is -2.19. The number of phenols is 2. The van der Waals surface area contributed by atoms with Gasteiger partial charge >= 0.3 is 23.8 Å². The second kappa shape index (κ2) is 13.8. The molecule has 0 radical (unpaired) electrons. The van der Waals surface area contributed by atoms with Gasteiger partial charge in [-0.25, -0.2) is 19.6 Å². The summed E-state index contributed by atoms with van der Waals surface area (Å²) >= 11 is 7.55. The number of nitrogens with one attached hydrogen (secondary N) is 1. The summed E-state index contributed by atoms with van der Waals surface area (Å²) in [5, 5.41) is 55.7. The maximum Gasteiger partial charge on any atom is 0.350 e. The highest BCUT2D eigenvalue weighted by Crippen LogP contribution is 2.52. The molecule has 3 saturated heterocycles. The van der Waals surface area contributed by atoms with Crippen molar-refractivity contribution in [2.75, 3.05) is 25.4 Å². The van der Waals surface area contributed by atoms with Crippen LogP contribution in [0.5, 0.6) is 11.5 Å². The molecule has 52 heavy (non-hydrogen) atoms. The van der Waals surface area contributed by atoms with Gasteiger partial charge < -0.3 is 46.0 Å². The normalized spacial score (nSPS) is 22.2. The van der Waals surface area contributed by atoms with Gasteiger partial charge in [-0.05, 0) is 26.0 Å². The maximum absolute atomic E-state index is 13.5. The van der Waals surface area contributed by atoms with E-state index in [2.05, 4.69) is 20.7 Å². The number of ketones is 1. The second-order valence-electron chi connectivity index (χ2n) is 11.8.